The fourth-order valence-corrected chi connectivity index (χ4v) is 3.22. The predicted molar refractivity (Wildman–Crippen MR) is 50.7 cm³/mol. The second-order valence-electron chi connectivity index (χ2n) is 1.38. The zero-order chi connectivity index (χ0) is 7.82. The minimum atomic E-state index is -0.730. The van der Waals surface area contributed by atoms with E-state index in [-0.39, 0.29) is 5.75 Å². The van der Waals surface area contributed by atoms with Crippen LogP contribution in [0.5, 0.6) is 0 Å². The summed E-state index contributed by atoms with van der Waals surface area (Å²) in [5.74, 6) is 0.572. The average Bonchev–Trinajstić information content (AvgIpc) is 1.87. The van der Waals surface area contributed by atoms with Gasteiger partial charge in [0.05, 0.1) is 10.8 Å². The van der Waals surface area contributed by atoms with Crippen LogP contribution in [-0.4, -0.2) is 27.7 Å². The first-order valence-electron chi connectivity index (χ1n) is 2.81. The molecule has 0 spiro atoms. The molecule has 0 atom stereocenters. The van der Waals surface area contributed by atoms with Crippen molar-refractivity contribution in [1.29, 1.82) is 0 Å². The molecule has 1 N–H and O–H groups in total. The number of rotatable bonds is 6. The predicted octanol–water partition coefficient (Wildman–Crippen LogP) is 2.16. The van der Waals surface area contributed by atoms with Gasteiger partial charge in [-0.05, 0) is 0 Å². The molecule has 0 rings (SSSR count). The average molecular weight is 198 g/mol. The lowest BCUT2D eigenvalue weighted by Crippen LogP contribution is -1.97. The molecule has 0 saturated heterocycles. The highest BCUT2D eigenvalue weighted by atomic mass is 33.1. The van der Waals surface area contributed by atoms with E-state index >= 15 is 0 Å². The second kappa shape index (κ2) is 7.63. The third-order valence-electron chi connectivity index (χ3n) is 0.558. The lowest BCUT2D eigenvalue weighted by Gasteiger charge is -1.95. The van der Waals surface area contributed by atoms with Crippen LogP contribution < -0.4 is 0 Å². The summed E-state index contributed by atoms with van der Waals surface area (Å²) in [6, 6.07) is 0. The van der Waals surface area contributed by atoms with E-state index in [1.807, 2.05) is 0 Å². The molecule has 0 aliphatic heterocycles. The van der Waals surface area contributed by atoms with Gasteiger partial charge in [0.25, 0.3) is 0 Å². The Morgan fingerprint density at radius 2 is 2.20 bits per heavy atom. The van der Waals surface area contributed by atoms with Crippen molar-refractivity contribution in [1.82, 2.24) is 0 Å². The van der Waals surface area contributed by atoms with Crippen molar-refractivity contribution in [2.24, 2.45) is 0 Å². The van der Waals surface area contributed by atoms with Gasteiger partial charge in [0.2, 0.25) is 0 Å². The molecule has 2 nitrogen and oxygen atoms in total. The van der Waals surface area contributed by atoms with Gasteiger partial charge in [-0.25, -0.2) is 0 Å². The lowest BCUT2D eigenvalue weighted by atomic mass is 10.8. The van der Waals surface area contributed by atoms with Crippen LogP contribution >= 0.6 is 33.3 Å². The van der Waals surface area contributed by atoms with E-state index in [9.17, 15) is 4.79 Å². The fourth-order valence-electron chi connectivity index (χ4n) is 0.280. The van der Waals surface area contributed by atoms with E-state index in [0.29, 0.717) is 0 Å². The normalized spacial score (nSPS) is 9.70. The molecule has 0 aromatic rings. The Hall–Kier alpha value is 0.520. The van der Waals surface area contributed by atoms with Gasteiger partial charge < -0.3 is 5.11 Å². The topological polar surface area (TPSA) is 37.3 Å². The summed E-state index contributed by atoms with van der Waals surface area (Å²) in [5, 5.41) is 9.10. The Labute approximate surface area is 72.9 Å². The van der Waals surface area contributed by atoms with Crippen LogP contribution in [0.2, 0.25) is 0 Å². The number of thioether (sulfide) groups is 1. The monoisotopic (exact) mass is 198 g/mol. The van der Waals surface area contributed by atoms with Gasteiger partial charge in [0, 0.05) is 5.75 Å². The summed E-state index contributed by atoms with van der Waals surface area (Å²) in [4.78, 5) is 10.00. The second-order valence-corrected chi connectivity index (χ2v) is 5.49. The minimum absolute atomic E-state index is 0.220. The number of hydrogen-bond acceptors (Lipinski definition) is 4. The number of carboxylic acids is 1. The summed E-state index contributed by atoms with van der Waals surface area (Å²) in [6.45, 7) is 2.08. The molecular formula is C5H10O2S3. The highest BCUT2D eigenvalue weighted by Crippen LogP contribution is 2.24. The Kier molecular flexibility index (Phi) is 8.02. The maximum absolute atomic E-state index is 10.00. The van der Waals surface area contributed by atoms with Crippen molar-refractivity contribution in [2.45, 2.75) is 6.92 Å². The smallest absolute Gasteiger partial charge is 0.313 e. The highest BCUT2D eigenvalue weighted by molar-refractivity contribution is 8.78. The van der Waals surface area contributed by atoms with E-state index < -0.39 is 5.97 Å². The quantitative estimate of drug-likeness (QED) is 0.402. The molecule has 0 aliphatic carbocycles. The summed E-state index contributed by atoms with van der Waals surface area (Å²) in [7, 11) is 3.47. The van der Waals surface area contributed by atoms with Gasteiger partial charge in [-0.15, -0.1) is 11.8 Å². The van der Waals surface area contributed by atoms with Gasteiger partial charge in [-0.1, -0.05) is 28.5 Å². The summed E-state index contributed by atoms with van der Waals surface area (Å²) in [6.07, 6.45) is 0. The van der Waals surface area contributed by atoms with Gasteiger partial charge in [-0.2, -0.15) is 0 Å². The fraction of sp³-hybridized carbons (Fsp3) is 0.800. The van der Waals surface area contributed by atoms with Gasteiger partial charge >= 0.3 is 5.97 Å². The number of aliphatic carboxylic acids is 1. The molecule has 0 aliphatic rings. The van der Waals surface area contributed by atoms with E-state index in [1.165, 1.54) is 11.8 Å². The first-order chi connectivity index (χ1) is 4.77. The van der Waals surface area contributed by atoms with E-state index in [0.717, 1.165) is 10.8 Å². The van der Waals surface area contributed by atoms with Gasteiger partial charge in [0.1, 0.15) is 0 Å². The molecule has 0 amide bonds. The molecule has 0 aromatic heterocycles. The van der Waals surface area contributed by atoms with Crippen LogP contribution in [0.25, 0.3) is 0 Å². The zero-order valence-electron chi connectivity index (χ0n) is 5.70. The van der Waals surface area contributed by atoms with Crippen LogP contribution in [0, 0.1) is 0 Å². The Balaban J connectivity index is 2.84. The van der Waals surface area contributed by atoms with Crippen molar-refractivity contribution >= 4 is 39.3 Å². The third kappa shape index (κ3) is 8.52. The van der Waals surface area contributed by atoms with E-state index in [2.05, 4.69) is 6.92 Å². The highest BCUT2D eigenvalue weighted by Gasteiger charge is 1.95. The van der Waals surface area contributed by atoms with Crippen molar-refractivity contribution < 1.29 is 9.90 Å². The molecule has 0 bridgehead atoms. The number of carbonyl (C=O) groups is 1. The largest absolute Gasteiger partial charge is 0.481 e. The Morgan fingerprint density at radius 1 is 1.50 bits per heavy atom. The molecule has 0 unspecified atom stereocenters. The zero-order valence-corrected chi connectivity index (χ0v) is 8.15. The van der Waals surface area contributed by atoms with Gasteiger partial charge in [0.15, 0.2) is 0 Å². The Morgan fingerprint density at radius 3 is 2.70 bits per heavy atom. The van der Waals surface area contributed by atoms with Crippen molar-refractivity contribution in [3.8, 4) is 0 Å². The van der Waals surface area contributed by atoms with Crippen LogP contribution in [-0.2, 0) is 4.79 Å². The molecule has 0 heterocycles. The van der Waals surface area contributed by atoms with E-state index in [4.69, 9.17) is 5.11 Å². The van der Waals surface area contributed by atoms with Crippen LogP contribution in [0.1, 0.15) is 6.92 Å². The molecule has 10 heavy (non-hydrogen) atoms. The maximum atomic E-state index is 10.00. The molecule has 0 radical (unpaired) electrons. The number of hydrogen-bond donors (Lipinski definition) is 1. The standard InChI is InChI=1S/C5H10O2S3/c1-2-9-10-4-8-3-5(6)7/h2-4H2,1H3,(H,6,7). The van der Waals surface area contributed by atoms with Gasteiger partial charge in [-0.3, -0.25) is 4.79 Å². The van der Waals surface area contributed by atoms with Crippen LogP contribution in [0.4, 0.5) is 0 Å². The molecule has 0 fully saturated rings. The summed E-state index contributed by atoms with van der Waals surface area (Å²) >= 11 is 1.44. The molecule has 0 saturated carbocycles. The van der Waals surface area contributed by atoms with Crippen LogP contribution in [0.15, 0.2) is 0 Å². The molecular weight excluding hydrogens is 188 g/mol. The van der Waals surface area contributed by atoms with Crippen LogP contribution in [0.3, 0.4) is 0 Å². The van der Waals surface area contributed by atoms with Crippen molar-refractivity contribution in [3.63, 3.8) is 0 Å². The molecule has 5 heteroatoms. The minimum Gasteiger partial charge on any atom is -0.481 e. The summed E-state index contributed by atoms with van der Waals surface area (Å²) in [5.41, 5.74) is 0. The maximum Gasteiger partial charge on any atom is 0.313 e. The first-order valence-corrected chi connectivity index (χ1v) is 6.45. The number of carboxylic acid groups (broad SMARTS) is 1. The van der Waals surface area contributed by atoms with Crippen molar-refractivity contribution in [2.75, 3.05) is 16.6 Å². The van der Waals surface area contributed by atoms with E-state index in [1.54, 1.807) is 21.6 Å². The Bertz CT molecular complexity index is 96.9. The SMILES string of the molecule is CCSSCSCC(=O)O. The summed E-state index contributed by atoms with van der Waals surface area (Å²) < 4.78 is 0. The van der Waals surface area contributed by atoms with Crippen molar-refractivity contribution in [3.05, 3.63) is 0 Å². The molecule has 0 aromatic carbocycles. The first kappa shape index (κ1) is 10.5. The molecule has 60 valence electrons. The lowest BCUT2D eigenvalue weighted by molar-refractivity contribution is -0.133. The third-order valence-corrected chi connectivity index (χ3v) is 4.54.